The fourth-order valence-corrected chi connectivity index (χ4v) is 3.00. The summed E-state index contributed by atoms with van der Waals surface area (Å²) in [7, 11) is 1.03. The molecule has 94 valence electrons. The summed E-state index contributed by atoms with van der Waals surface area (Å²) in [6.07, 6.45) is 1.37. The SMILES string of the molecule is Cn1ncc(C(=O)O)c1CN1CCS(=O)CC1. The molecule has 1 N–H and O–H groups in total. The first-order valence-corrected chi connectivity index (χ1v) is 6.88. The molecule has 0 spiro atoms. The largest absolute Gasteiger partial charge is 0.478 e. The summed E-state index contributed by atoms with van der Waals surface area (Å²) >= 11 is 0. The van der Waals surface area contributed by atoms with Gasteiger partial charge in [0.2, 0.25) is 0 Å². The van der Waals surface area contributed by atoms with Crippen LogP contribution in [0.5, 0.6) is 0 Å². The van der Waals surface area contributed by atoms with Crippen LogP contribution < -0.4 is 0 Å². The summed E-state index contributed by atoms with van der Waals surface area (Å²) < 4.78 is 12.8. The number of rotatable bonds is 3. The molecule has 1 aliphatic heterocycles. The Bertz CT molecular complexity index is 448. The van der Waals surface area contributed by atoms with Gasteiger partial charge in [0, 0.05) is 49.0 Å². The molecule has 6 nitrogen and oxygen atoms in total. The van der Waals surface area contributed by atoms with Crippen LogP contribution in [0.4, 0.5) is 0 Å². The Hall–Kier alpha value is -1.21. The second-order valence-corrected chi connectivity index (χ2v) is 5.75. The molecule has 1 aromatic heterocycles. The summed E-state index contributed by atoms with van der Waals surface area (Å²) in [4.78, 5) is 13.1. The number of carboxylic acid groups (broad SMARTS) is 1. The Balaban J connectivity index is 2.10. The highest BCUT2D eigenvalue weighted by Crippen LogP contribution is 2.12. The lowest BCUT2D eigenvalue weighted by Gasteiger charge is -2.26. The van der Waals surface area contributed by atoms with Gasteiger partial charge in [-0.3, -0.25) is 13.8 Å². The number of aryl methyl sites for hydroxylation is 1. The Morgan fingerprint density at radius 1 is 1.53 bits per heavy atom. The lowest BCUT2D eigenvalue weighted by atomic mass is 10.2. The van der Waals surface area contributed by atoms with E-state index < -0.39 is 16.8 Å². The topological polar surface area (TPSA) is 75.4 Å². The van der Waals surface area contributed by atoms with Gasteiger partial charge in [-0.1, -0.05) is 0 Å². The molecule has 0 aromatic carbocycles. The van der Waals surface area contributed by atoms with Crippen LogP contribution in [0.25, 0.3) is 0 Å². The van der Waals surface area contributed by atoms with Gasteiger partial charge in [-0.2, -0.15) is 5.10 Å². The maximum Gasteiger partial charge on any atom is 0.339 e. The van der Waals surface area contributed by atoms with Crippen molar-refractivity contribution in [3.8, 4) is 0 Å². The highest BCUT2D eigenvalue weighted by molar-refractivity contribution is 7.85. The van der Waals surface area contributed by atoms with Crippen LogP contribution in [-0.2, 0) is 24.4 Å². The van der Waals surface area contributed by atoms with Gasteiger partial charge >= 0.3 is 5.97 Å². The molecule has 1 fully saturated rings. The number of aromatic nitrogens is 2. The Morgan fingerprint density at radius 2 is 2.18 bits per heavy atom. The first-order chi connectivity index (χ1) is 8.08. The molecule has 1 aromatic rings. The number of aromatic carboxylic acids is 1. The van der Waals surface area contributed by atoms with E-state index in [4.69, 9.17) is 5.11 Å². The quantitative estimate of drug-likeness (QED) is 0.803. The molecule has 1 aliphatic rings. The third-order valence-corrected chi connectivity index (χ3v) is 4.21. The molecule has 0 radical (unpaired) electrons. The van der Waals surface area contributed by atoms with Crippen LogP contribution in [0, 0.1) is 0 Å². The molecular weight excluding hydrogens is 242 g/mol. The van der Waals surface area contributed by atoms with E-state index in [0.717, 1.165) is 13.1 Å². The monoisotopic (exact) mass is 257 g/mol. The fourth-order valence-electron chi connectivity index (χ4n) is 1.87. The maximum atomic E-state index is 11.2. The first-order valence-electron chi connectivity index (χ1n) is 5.39. The van der Waals surface area contributed by atoms with Gasteiger partial charge in [-0.15, -0.1) is 0 Å². The van der Waals surface area contributed by atoms with Crippen LogP contribution in [0.15, 0.2) is 6.20 Å². The number of carbonyl (C=O) groups is 1. The van der Waals surface area contributed by atoms with Gasteiger partial charge < -0.3 is 5.11 Å². The van der Waals surface area contributed by atoms with E-state index in [-0.39, 0.29) is 5.56 Å². The van der Waals surface area contributed by atoms with Crippen molar-refractivity contribution in [2.75, 3.05) is 24.6 Å². The van der Waals surface area contributed by atoms with Crippen molar-refractivity contribution in [3.63, 3.8) is 0 Å². The molecular formula is C10H15N3O3S. The highest BCUT2D eigenvalue weighted by Gasteiger charge is 2.20. The molecule has 0 aliphatic carbocycles. The van der Waals surface area contributed by atoms with Gasteiger partial charge in [0.05, 0.1) is 11.9 Å². The Kier molecular flexibility index (Phi) is 3.58. The van der Waals surface area contributed by atoms with Crippen LogP contribution in [0.2, 0.25) is 0 Å². The standard InChI is InChI=1S/C10H15N3O3S/c1-12-9(8(6-11-12)10(14)15)7-13-2-4-17(16)5-3-13/h6H,2-5,7H2,1H3,(H,14,15). The lowest BCUT2D eigenvalue weighted by Crippen LogP contribution is -2.37. The van der Waals surface area contributed by atoms with Gasteiger partial charge in [0.25, 0.3) is 0 Å². The fraction of sp³-hybridized carbons (Fsp3) is 0.600. The second-order valence-electron chi connectivity index (χ2n) is 4.06. The normalized spacial score (nSPS) is 18.4. The number of hydrogen-bond acceptors (Lipinski definition) is 4. The minimum atomic E-state index is -0.950. The Morgan fingerprint density at radius 3 is 2.76 bits per heavy atom. The van der Waals surface area contributed by atoms with Crippen LogP contribution in [-0.4, -0.2) is 54.6 Å². The van der Waals surface area contributed by atoms with Gasteiger partial charge in [0.1, 0.15) is 5.56 Å². The zero-order valence-corrected chi connectivity index (χ0v) is 10.4. The third-order valence-electron chi connectivity index (χ3n) is 2.94. The average Bonchev–Trinajstić information content (AvgIpc) is 2.64. The highest BCUT2D eigenvalue weighted by atomic mass is 32.2. The third kappa shape index (κ3) is 2.73. The van der Waals surface area contributed by atoms with E-state index in [1.165, 1.54) is 6.20 Å². The first kappa shape index (κ1) is 12.3. The zero-order valence-electron chi connectivity index (χ0n) is 9.63. The molecule has 1 saturated heterocycles. The minimum absolute atomic E-state index is 0.249. The number of carboxylic acids is 1. The van der Waals surface area contributed by atoms with E-state index in [0.29, 0.717) is 23.7 Å². The van der Waals surface area contributed by atoms with Gasteiger partial charge in [-0.25, -0.2) is 4.79 Å². The van der Waals surface area contributed by atoms with Crippen LogP contribution >= 0.6 is 0 Å². The van der Waals surface area contributed by atoms with Crippen LogP contribution in [0.3, 0.4) is 0 Å². The predicted octanol–water partition coefficient (Wildman–Crippen LogP) is -0.317. The van der Waals surface area contributed by atoms with E-state index in [1.54, 1.807) is 11.7 Å². The molecule has 2 rings (SSSR count). The van der Waals surface area contributed by atoms with E-state index in [1.807, 2.05) is 0 Å². The zero-order chi connectivity index (χ0) is 12.4. The molecule has 0 saturated carbocycles. The van der Waals surface area contributed by atoms with Crippen molar-refractivity contribution in [1.29, 1.82) is 0 Å². The molecule has 0 unspecified atom stereocenters. The molecule has 7 heteroatoms. The predicted molar refractivity (Wildman–Crippen MR) is 63.3 cm³/mol. The summed E-state index contributed by atoms with van der Waals surface area (Å²) in [6.45, 7) is 2.04. The average molecular weight is 257 g/mol. The smallest absolute Gasteiger partial charge is 0.339 e. The molecule has 0 bridgehead atoms. The number of hydrogen-bond donors (Lipinski definition) is 1. The van der Waals surface area contributed by atoms with Crippen molar-refractivity contribution in [2.24, 2.45) is 7.05 Å². The molecule has 17 heavy (non-hydrogen) atoms. The Labute approximate surface area is 102 Å². The van der Waals surface area contributed by atoms with E-state index >= 15 is 0 Å². The molecule has 0 atom stereocenters. The maximum absolute atomic E-state index is 11.2. The molecule has 2 heterocycles. The van der Waals surface area contributed by atoms with Crippen molar-refractivity contribution < 1.29 is 14.1 Å². The van der Waals surface area contributed by atoms with E-state index in [2.05, 4.69) is 10.00 Å². The van der Waals surface area contributed by atoms with E-state index in [9.17, 15) is 9.00 Å². The lowest BCUT2D eigenvalue weighted by molar-refractivity contribution is 0.0694. The van der Waals surface area contributed by atoms with Crippen molar-refractivity contribution in [2.45, 2.75) is 6.54 Å². The van der Waals surface area contributed by atoms with Crippen LogP contribution in [0.1, 0.15) is 16.1 Å². The molecule has 0 amide bonds. The second kappa shape index (κ2) is 4.97. The summed E-state index contributed by atoms with van der Waals surface area (Å²) in [5.74, 6) is 0.384. The van der Waals surface area contributed by atoms with Crippen molar-refractivity contribution in [3.05, 3.63) is 17.5 Å². The van der Waals surface area contributed by atoms with Gasteiger partial charge in [0.15, 0.2) is 0 Å². The minimum Gasteiger partial charge on any atom is -0.478 e. The number of nitrogens with zero attached hydrogens (tertiary/aromatic N) is 3. The van der Waals surface area contributed by atoms with Crippen molar-refractivity contribution >= 4 is 16.8 Å². The van der Waals surface area contributed by atoms with Gasteiger partial charge in [-0.05, 0) is 0 Å². The summed E-state index contributed by atoms with van der Waals surface area (Å²) in [5, 5.41) is 13.0. The summed E-state index contributed by atoms with van der Waals surface area (Å²) in [6, 6.07) is 0. The van der Waals surface area contributed by atoms with Crippen molar-refractivity contribution in [1.82, 2.24) is 14.7 Å². The summed E-state index contributed by atoms with van der Waals surface area (Å²) in [5.41, 5.74) is 0.948.